The minimum absolute atomic E-state index is 0.0606. The summed E-state index contributed by atoms with van der Waals surface area (Å²) in [7, 11) is 0. The molecule has 3 atom stereocenters. The number of rotatable bonds is 9. The molecule has 0 radical (unpaired) electrons. The second-order valence-corrected chi connectivity index (χ2v) is 5.69. The molecule has 2 bridgehead atoms. The van der Waals surface area contributed by atoms with Crippen molar-refractivity contribution < 1.29 is 14.3 Å². The molecule has 2 heterocycles. The molecule has 1 N–H and O–H groups in total. The standard InChI is InChI=1S/C15H27NO3/c1-2-18-15(17)6-4-3-5-9-16-11-12-10-13-7-8-14(12)19-13/h12-14,16H,2-11H2,1H3. The molecule has 2 fully saturated rings. The van der Waals surface area contributed by atoms with Gasteiger partial charge in [0, 0.05) is 18.9 Å². The Morgan fingerprint density at radius 1 is 1.32 bits per heavy atom. The van der Waals surface area contributed by atoms with Gasteiger partial charge < -0.3 is 14.8 Å². The third-order valence-electron chi connectivity index (χ3n) is 4.18. The fourth-order valence-electron chi connectivity index (χ4n) is 3.17. The van der Waals surface area contributed by atoms with Crippen LogP contribution in [0.2, 0.25) is 0 Å². The third kappa shape index (κ3) is 4.77. The number of hydrogen-bond acceptors (Lipinski definition) is 4. The van der Waals surface area contributed by atoms with Gasteiger partial charge in [-0.25, -0.2) is 0 Å². The summed E-state index contributed by atoms with van der Waals surface area (Å²) in [6.07, 6.45) is 8.61. The van der Waals surface area contributed by atoms with Gasteiger partial charge in [-0.1, -0.05) is 6.42 Å². The first-order chi connectivity index (χ1) is 9.29. The average molecular weight is 269 g/mol. The number of nitrogens with one attached hydrogen (secondary N) is 1. The number of esters is 1. The van der Waals surface area contributed by atoms with Crippen molar-refractivity contribution in [2.75, 3.05) is 19.7 Å². The van der Waals surface area contributed by atoms with Gasteiger partial charge in [-0.2, -0.15) is 0 Å². The normalized spacial score (nSPS) is 28.8. The van der Waals surface area contributed by atoms with Gasteiger partial charge in [-0.05, 0) is 45.6 Å². The molecule has 0 aromatic heterocycles. The first-order valence-electron chi connectivity index (χ1n) is 7.81. The van der Waals surface area contributed by atoms with E-state index in [1.165, 1.54) is 19.3 Å². The van der Waals surface area contributed by atoms with Gasteiger partial charge >= 0.3 is 5.97 Å². The molecule has 2 aliphatic rings. The SMILES string of the molecule is CCOC(=O)CCCCCNCC1CC2CCC1O2. The molecular weight excluding hydrogens is 242 g/mol. The molecule has 2 saturated heterocycles. The Morgan fingerprint density at radius 2 is 2.21 bits per heavy atom. The Bertz CT molecular complexity index is 283. The lowest BCUT2D eigenvalue weighted by atomic mass is 9.89. The van der Waals surface area contributed by atoms with E-state index in [1.807, 2.05) is 6.92 Å². The summed E-state index contributed by atoms with van der Waals surface area (Å²) in [5, 5.41) is 3.53. The summed E-state index contributed by atoms with van der Waals surface area (Å²) < 4.78 is 10.7. The Morgan fingerprint density at radius 3 is 2.89 bits per heavy atom. The molecule has 4 heteroatoms. The van der Waals surface area contributed by atoms with Gasteiger partial charge in [0.1, 0.15) is 0 Å². The third-order valence-corrected chi connectivity index (χ3v) is 4.18. The Labute approximate surface area is 116 Å². The fraction of sp³-hybridized carbons (Fsp3) is 0.933. The zero-order chi connectivity index (χ0) is 13.5. The van der Waals surface area contributed by atoms with Gasteiger partial charge in [0.15, 0.2) is 0 Å². The maximum absolute atomic E-state index is 11.1. The van der Waals surface area contributed by atoms with Crippen LogP contribution in [0.5, 0.6) is 0 Å². The summed E-state index contributed by atoms with van der Waals surface area (Å²) in [6, 6.07) is 0. The van der Waals surface area contributed by atoms with Crippen molar-refractivity contribution >= 4 is 5.97 Å². The number of fused-ring (bicyclic) bond motifs is 2. The van der Waals surface area contributed by atoms with Crippen molar-refractivity contribution in [3.05, 3.63) is 0 Å². The molecule has 4 nitrogen and oxygen atoms in total. The predicted octanol–water partition coefficient (Wildman–Crippen LogP) is 2.27. The number of carbonyl (C=O) groups is 1. The lowest BCUT2D eigenvalue weighted by molar-refractivity contribution is -0.143. The lowest BCUT2D eigenvalue weighted by Gasteiger charge is -2.18. The molecule has 0 amide bonds. The van der Waals surface area contributed by atoms with E-state index in [0.29, 0.717) is 25.2 Å². The predicted molar refractivity (Wildman–Crippen MR) is 74.0 cm³/mol. The van der Waals surface area contributed by atoms with Gasteiger partial charge in [-0.15, -0.1) is 0 Å². The average Bonchev–Trinajstić information content (AvgIpc) is 3.00. The van der Waals surface area contributed by atoms with E-state index >= 15 is 0 Å². The van der Waals surface area contributed by atoms with Crippen molar-refractivity contribution in [1.82, 2.24) is 5.32 Å². The van der Waals surface area contributed by atoms with Crippen molar-refractivity contribution in [1.29, 1.82) is 0 Å². The zero-order valence-corrected chi connectivity index (χ0v) is 12.0. The van der Waals surface area contributed by atoms with E-state index in [2.05, 4.69) is 5.32 Å². The lowest BCUT2D eigenvalue weighted by Crippen LogP contribution is -2.30. The van der Waals surface area contributed by atoms with Crippen LogP contribution in [0.1, 0.15) is 51.9 Å². The fourth-order valence-corrected chi connectivity index (χ4v) is 3.17. The van der Waals surface area contributed by atoms with Crippen LogP contribution in [0.25, 0.3) is 0 Å². The largest absolute Gasteiger partial charge is 0.466 e. The van der Waals surface area contributed by atoms with Crippen LogP contribution < -0.4 is 5.32 Å². The molecule has 0 aliphatic carbocycles. The Hall–Kier alpha value is -0.610. The van der Waals surface area contributed by atoms with Gasteiger partial charge in [0.05, 0.1) is 18.8 Å². The van der Waals surface area contributed by atoms with E-state index < -0.39 is 0 Å². The minimum atomic E-state index is -0.0606. The van der Waals surface area contributed by atoms with Crippen LogP contribution in [-0.4, -0.2) is 37.9 Å². The topological polar surface area (TPSA) is 47.6 Å². The second-order valence-electron chi connectivity index (χ2n) is 5.69. The second kappa shape index (κ2) is 7.85. The van der Waals surface area contributed by atoms with Crippen LogP contribution in [0.4, 0.5) is 0 Å². The number of carbonyl (C=O) groups excluding carboxylic acids is 1. The molecule has 2 rings (SSSR count). The van der Waals surface area contributed by atoms with Crippen molar-refractivity contribution in [3.8, 4) is 0 Å². The first-order valence-corrected chi connectivity index (χ1v) is 7.81. The molecule has 2 aliphatic heterocycles. The Balaban J connectivity index is 1.39. The van der Waals surface area contributed by atoms with Crippen LogP contribution in [0.15, 0.2) is 0 Å². The van der Waals surface area contributed by atoms with E-state index in [4.69, 9.17) is 9.47 Å². The monoisotopic (exact) mass is 269 g/mol. The highest BCUT2D eigenvalue weighted by Crippen LogP contribution is 2.38. The summed E-state index contributed by atoms with van der Waals surface area (Å²) in [6.45, 7) is 4.49. The van der Waals surface area contributed by atoms with Crippen LogP contribution in [-0.2, 0) is 14.3 Å². The summed E-state index contributed by atoms with van der Waals surface area (Å²) in [5.41, 5.74) is 0. The van der Waals surface area contributed by atoms with Crippen molar-refractivity contribution in [3.63, 3.8) is 0 Å². The van der Waals surface area contributed by atoms with Gasteiger partial charge in [0.2, 0.25) is 0 Å². The van der Waals surface area contributed by atoms with Gasteiger partial charge in [0.25, 0.3) is 0 Å². The summed E-state index contributed by atoms with van der Waals surface area (Å²) in [5.74, 6) is 0.674. The summed E-state index contributed by atoms with van der Waals surface area (Å²) in [4.78, 5) is 11.1. The number of ether oxygens (including phenoxy) is 2. The Kier molecular flexibility index (Phi) is 6.11. The molecular formula is C15H27NO3. The van der Waals surface area contributed by atoms with Crippen LogP contribution in [0.3, 0.4) is 0 Å². The molecule has 0 aromatic carbocycles. The smallest absolute Gasteiger partial charge is 0.305 e. The van der Waals surface area contributed by atoms with E-state index in [1.54, 1.807) is 0 Å². The highest BCUT2D eigenvalue weighted by Gasteiger charge is 2.40. The molecule has 110 valence electrons. The van der Waals surface area contributed by atoms with E-state index in [9.17, 15) is 4.79 Å². The maximum Gasteiger partial charge on any atom is 0.305 e. The molecule has 0 aromatic rings. The first kappa shape index (κ1) is 14.8. The quantitative estimate of drug-likeness (QED) is 0.515. The van der Waals surface area contributed by atoms with E-state index in [0.717, 1.165) is 38.3 Å². The maximum atomic E-state index is 11.1. The van der Waals surface area contributed by atoms with Gasteiger partial charge in [-0.3, -0.25) is 4.79 Å². The zero-order valence-electron chi connectivity index (χ0n) is 12.0. The van der Waals surface area contributed by atoms with Crippen LogP contribution in [0, 0.1) is 5.92 Å². The highest BCUT2D eigenvalue weighted by atomic mass is 16.5. The molecule has 3 unspecified atom stereocenters. The highest BCUT2D eigenvalue weighted by molar-refractivity contribution is 5.69. The van der Waals surface area contributed by atoms with Crippen molar-refractivity contribution in [2.45, 2.75) is 64.1 Å². The molecule has 19 heavy (non-hydrogen) atoms. The molecule has 0 saturated carbocycles. The summed E-state index contributed by atoms with van der Waals surface area (Å²) >= 11 is 0. The minimum Gasteiger partial charge on any atom is -0.466 e. The number of unbranched alkanes of at least 4 members (excludes halogenated alkanes) is 2. The molecule has 0 spiro atoms. The number of hydrogen-bond donors (Lipinski definition) is 1. The van der Waals surface area contributed by atoms with E-state index in [-0.39, 0.29) is 5.97 Å². The van der Waals surface area contributed by atoms with Crippen molar-refractivity contribution in [2.24, 2.45) is 5.92 Å². The van der Waals surface area contributed by atoms with Crippen LogP contribution >= 0.6 is 0 Å².